The van der Waals surface area contributed by atoms with Crippen molar-refractivity contribution in [2.75, 3.05) is 38.5 Å². The molecule has 1 aromatic heterocycles. The molecule has 2 aliphatic carbocycles. The molecule has 4 fully saturated rings. The van der Waals surface area contributed by atoms with E-state index in [9.17, 15) is 27.0 Å². The van der Waals surface area contributed by atoms with E-state index in [2.05, 4.69) is 27.3 Å². The first-order valence-corrected chi connectivity index (χ1v) is 18.8. The van der Waals surface area contributed by atoms with E-state index < -0.39 is 26.9 Å². The maximum atomic E-state index is 13.6. The molecule has 1 N–H and O–H groups in total. The molecule has 0 atom stereocenters. The van der Waals surface area contributed by atoms with Crippen molar-refractivity contribution in [3.05, 3.63) is 47.4 Å². The number of rotatable bonds is 12. The molecule has 2 saturated carbocycles. The van der Waals surface area contributed by atoms with Gasteiger partial charge in [-0.1, -0.05) is 6.92 Å². The molecule has 11 nitrogen and oxygen atoms in total. The fourth-order valence-corrected chi connectivity index (χ4v) is 8.04. The Morgan fingerprint density at radius 1 is 1.14 bits per heavy atom. The zero-order valence-electron chi connectivity index (χ0n) is 28.8. The van der Waals surface area contributed by atoms with Gasteiger partial charge in [0.2, 0.25) is 5.91 Å². The van der Waals surface area contributed by atoms with Crippen molar-refractivity contribution >= 4 is 22.1 Å². The molecule has 14 heteroatoms. The topological polar surface area (TPSA) is 141 Å². The van der Waals surface area contributed by atoms with E-state index in [-0.39, 0.29) is 66.4 Å². The summed E-state index contributed by atoms with van der Waals surface area (Å²) in [5.74, 6) is 0.285. The van der Waals surface area contributed by atoms with E-state index in [0.717, 1.165) is 67.9 Å². The van der Waals surface area contributed by atoms with Crippen molar-refractivity contribution in [3.8, 4) is 17.0 Å². The Bertz CT molecular complexity index is 1610. The number of carbonyl (C=O) groups excluding carboxylic acids is 2. The Kier molecular flexibility index (Phi) is 12.0. The summed E-state index contributed by atoms with van der Waals surface area (Å²) in [7, 11) is -4.30. The maximum Gasteiger partial charge on any atom is 1.00 e. The quantitative estimate of drug-likeness (QED) is 0.199. The number of piperidine rings is 1. The Balaban J connectivity index is 0.00000468. The Labute approximate surface area is 310 Å². The monoisotopic (exact) mass is 708 g/mol. The maximum absolute atomic E-state index is 13.6. The number of pyridine rings is 1. The molecule has 262 valence electrons. The summed E-state index contributed by atoms with van der Waals surface area (Å²) in [6, 6.07) is 7.49. The van der Waals surface area contributed by atoms with Crippen molar-refractivity contribution in [2.45, 2.75) is 95.7 Å². The van der Waals surface area contributed by atoms with Crippen LogP contribution in [0.25, 0.3) is 11.3 Å². The molecule has 6 rings (SSSR count). The Hall–Kier alpha value is -2.29. The van der Waals surface area contributed by atoms with Gasteiger partial charge in [0.05, 0.1) is 35.2 Å². The normalized spacial score (nSPS) is 24.0. The average Bonchev–Trinajstić information content (AvgIpc) is 3.85. The van der Waals surface area contributed by atoms with Crippen molar-refractivity contribution in [1.82, 2.24) is 20.1 Å². The molecular formula is C35H46FN4NaO7S. The summed E-state index contributed by atoms with van der Waals surface area (Å²) in [6.07, 6.45) is 7.37. The van der Waals surface area contributed by atoms with Crippen LogP contribution in [0.4, 0.5) is 9.18 Å². The SMILES string of the molecule is CCOc1cc(-c2ccc(F)cn2)c(C2CC2)cc1CN1CCC2(CC1)CN(C1CCC(C)(C(=O)NCCCS(=O)(=O)[O-])CC1)C(=O)O2.[Na+]. The van der Waals surface area contributed by atoms with Gasteiger partial charge < -0.3 is 24.2 Å². The molecular weight excluding hydrogens is 662 g/mol. The number of halogens is 1. The number of likely N-dealkylation sites (tertiary alicyclic amines) is 1. The third-order valence-corrected chi connectivity index (χ3v) is 11.4. The number of aromatic nitrogens is 1. The molecule has 3 heterocycles. The second kappa shape index (κ2) is 15.5. The first-order chi connectivity index (χ1) is 22.9. The standard InChI is InChI=1S/C35H47FN4O7S.Na/c1-3-46-31-20-29(30-8-7-26(36)21-38-30)28(24-5-6-24)19-25(31)22-39-16-13-35(14-17-39)23-40(33(42)47-35)27-9-11-34(2,12-10-27)32(41)37-15-4-18-48(43,44)45;/h7-8,19-21,24,27H,3-6,9-18,22-23H2,1-2H3,(H,37,41)(H,43,44,45);/q;+1/p-1. The van der Waals surface area contributed by atoms with Gasteiger partial charge in [0.25, 0.3) is 0 Å². The number of ether oxygens (including phenoxy) is 2. The second-order valence-corrected chi connectivity index (χ2v) is 15.8. The van der Waals surface area contributed by atoms with Crippen molar-refractivity contribution in [1.29, 1.82) is 0 Å². The number of carbonyl (C=O) groups is 2. The van der Waals surface area contributed by atoms with E-state index in [0.29, 0.717) is 44.8 Å². The van der Waals surface area contributed by atoms with E-state index >= 15 is 0 Å². The fraction of sp³-hybridized carbons (Fsp3) is 0.629. The molecule has 2 amide bonds. The van der Waals surface area contributed by atoms with Crippen LogP contribution >= 0.6 is 0 Å². The summed E-state index contributed by atoms with van der Waals surface area (Å²) < 4.78 is 58.3. The minimum Gasteiger partial charge on any atom is -0.748 e. The van der Waals surface area contributed by atoms with Gasteiger partial charge in [0.1, 0.15) is 17.2 Å². The van der Waals surface area contributed by atoms with E-state index in [1.807, 2.05) is 18.7 Å². The van der Waals surface area contributed by atoms with Crippen molar-refractivity contribution in [3.63, 3.8) is 0 Å². The summed E-state index contributed by atoms with van der Waals surface area (Å²) in [5, 5.41) is 2.79. The molecule has 1 aromatic carbocycles. The van der Waals surface area contributed by atoms with Gasteiger partial charge in [-0.2, -0.15) is 0 Å². The summed E-state index contributed by atoms with van der Waals surface area (Å²) in [4.78, 5) is 34.6. The first kappa shape index (κ1) is 38.0. The van der Waals surface area contributed by atoms with Gasteiger partial charge >= 0.3 is 35.7 Å². The summed E-state index contributed by atoms with van der Waals surface area (Å²) in [5.41, 5.74) is 2.97. The number of amides is 2. The number of hydrogen-bond donors (Lipinski definition) is 1. The Morgan fingerprint density at radius 3 is 2.47 bits per heavy atom. The largest absolute Gasteiger partial charge is 1.00 e. The molecule has 2 saturated heterocycles. The van der Waals surface area contributed by atoms with Crippen LogP contribution in [0.1, 0.15) is 88.7 Å². The minimum absolute atomic E-state index is 0. The fourth-order valence-electron chi connectivity index (χ4n) is 7.54. The van der Waals surface area contributed by atoms with Crippen LogP contribution in [-0.4, -0.2) is 89.9 Å². The minimum atomic E-state index is -4.30. The summed E-state index contributed by atoms with van der Waals surface area (Å²) >= 11 is 0. The van der Waals surface area contributed by atoms with Gasteiger partial charge in [-0.3, -0.25) is 14.7 Å². The zero-order chi connectivity index (χ0) is 34.1. The molecule has 0 radical (unpaired) electrons. The Morgan fingerprint density at radius 2 is 1.86 bits per heavy atom. The van der Waals surface area contributed by atoms with Gasteiger partial charge in [-0.05, 0) is 87.6 Å². The first-order valence-electron chi connectivity index (χ1n) is 17.2. The molecule has 4 aliphatic rings. The van der Waals surface area contributed by atoms with Gasteiger partial charge in [-0.15, -0.1) is 0 Å². The van der Waals surface area contributed by atoms with Crippen LogP contribution in [0, 0.1) is 11.2 Å². The second-order valence-electron chi connectivity index (χ2n) is 14.2. The zero-order valence-corrected chi connectivity index (χ0v) is 31.7. The number of hydrogen-bond acceptors (Lipinski definition) is 9. The van der Waals surface area contributed by atoms with Gasteiger partial charge in [0.15, 0.2) is 0 Å². The van der Waals surface area contributed by atoms with Crippen molar-refractivity contribution < 1.29 is 66.0 Å². The predicted molar refractivity (Wildman–Crippen MR) is 176 cm³/mol. The smallest absolute Gasteiger partial charge is 0.748 e. The van der Waals surface area contributed by atoms with E-state index in [4.69, 9.17) is 9.47 Å². The predicted octanol–water partition coefficient (Wildman–Crippen LogP) is 1.96. The van der Waals surface area contributed by atoms with Crippen LogP contribution in [0.5, 0.6) is 5.75 Å². The molecule has 49 heavy (non-hydrogen) atoms. The summed E-state index contributed by atoms with van der Waals surface area (Å²) in [6.45, 7) is 7.37. The number of nitrogens with one attached hydrogen (secondary N) is 1. The molecule has 1 spiro atoms. The number of nitrogens with zero attached hydrogens (tertiary/aromatic N) is 3. The van der Waals surface area contributed by atoms with Gasteiger partial charge in [0, 0.05) is 67.4 Å². The van der Waals surface area contributed by atoms with Gasteiger partial charge in [-0.25, -0.2) is 17.6 Å². The van der Waals surface area contributed by atoms with Crippen LogP contribution < -0.4 is 39.6 Å². The third kappa shape index (κ3) is 9.15. The van der Waals surface area contributed by atoms with Crippen LogP contribution in [0.2, 0.25) is 0 Å². The van der Waals surface area contributed by atoms with Crippen molar-refractivity contribution in [2.24, 2.45) is 5.41 Å². The molecule has 2 aliphatic heterocycles. The van der Waals surface area contributed by atoms with Crippen LogP contribution in [0.3, 0.4) is 0 Å². The molecule has 2 aromatic rings. The van der Waals surface area contributed by atoms with E-state index in [1.54, 1.807) is 6.07 Å². The molecule has 0 bridgehead atoms. The van der Waals surface area contributed by atoms with Crippen LogP contribution in [-0.2, 0) is 26.2 Å². The molecule has 0 unspecified atom stereocenters. The number of benzene rings is 1. The average molecular weight is 709 g/mol. The third-order valence-electron chi connectivity index (χ3n) is 10.6. The van der Waals surface area contributed by atoms with Crippen LogP contribution in [0.15, 0.2) is 30.5 Å². The van der Waals surface area contributed by atoms with E-state index in [1.165, 1.54) is 17.8 Å².